The van der Waals surface area contributed by atoms with E-state index in [1.165, 1.54) is 0 Å². The van der Waals surface area contributed by atoms with Crippen LogP contribution in [0.1, 0.15) is 34.3 Å². The minimum atomic E-state index is -0.490. The van der Waals surface area contributed by atoms with E-state index in [1.807, 2.05) is 97.1 Å². The molecule has 1 amide bonds. The van der Waals surface area contributed by atoms with Gasteiger partial charge >= 0.3 is 0 Å². The third-order valence-electron chi connectivity index (χ3n) is 5.30. The van der Waals surface area contributed by atoms with Crippen molar-refractivity contribution in [3.05, 3.63) is 144 Å². The van der Waals surface area contributed by atoms with Crippen molar-refractivity contribution in [1.29, 1.82) is 0 Å². The van der Waals surface area contributed by atoms with Crippen molar-refractivity contribution in [2.45, 2.75) is 18.6 Å². The van der Waals surface area contributed by atoms with Crippen LogP contribution in [-0.4, -0.2) is 5.91 Å². The van der Waals surface area contributed by atoms with E-state index in [0.717, 1.165) is 22.3 Å². The SMILES string of the molecule is Cl.O=C(NCc1ccccc1)C(NC(c1ccccc1)c1ccccc1)c1ccccc1. The van der Waals surface area contributed by atoms with Crippen LogP contribution in [-0.2, 0) is 11.3 Å². The lowest BCUT2D eigenvalue weighted by Crippen LogP contribution is -2.39. The molecule has 0 bridgehead atoms. The van der Waals surface area contributed by atoms with Gasteiger partial charge in [0.2, 0.25) is 5.91 Å². The molecule has 1 atom stereocenters. The highest BCUT2D eigenvalue weighted by Crippen LogP contribution is 2.26. The maximum absolute atomic E-state index is 13.3. The molecule has 0 aliphatic heterocycles. The molecule has 0 spiro atoms. The standard InChI is InChI=1S/C28H26N2O.ClH/c31-28(29-21-22-13-5-1-6-14-22)27(25-19-11-4-12-20-25)30-26(23-15-7-2-8-16-23)24-17-9-3-10-18-24;/h1-20,26-27,30H,21H2,(H,29,31);1H. The van der Waals surface area contributed by atoms with Gasteiger partial charge in [0.1, 0.15) is 6.04 Å². The molecule has 162 valence electrons. The van der Waals surface area contributed by atoms with Gasteiger partial charge in [-0.05, 0) is 22.3 Å². The first-order valence-electron chi connectivity index (χ1n) is 10.5. The summed E-state index contributed by atoms with van der Waals surface area (Å²) in [5.41, 5.74) is 4.24. The van der Waals surface area contributed by atoms with Crippen LogP contribution in [0.5, 0.6) is 0 Å². The zero-order chi connectivity index (χ0) is 21.3. The monoisotopic (exact) mass is 442 g/mol. The van der Waals surface area contributed by atoms with E-state index in [4.69, 9.17) is 0 Å². The number of carbonyl (C=O) groups excluding carboxylic acids is 1. The van der Waals surface area contributed by atoms with Gasteiger partial charge in [0.05, 0.1) is 6.04 Å². The summed E-state index contributed by atoms with van der Waals surface area (Å²) in [4.78, 5) is 13.3. The Kier molecular flexibility index (Phi) is 8.61. The molecule has 4 rings (SSSR count). The Morgan fingerprint density at radius 1 is 0.594 bits per heavy atom. The van der Waals surface area contributed by atoms with E-state index in [9.17, 15) is 4.79 Å². The molecule has 4 aromatic carbocycles. The van der Waals surface area contributed by atoms with E-state index in [1.54, 1.807) is 0 Å². The van der Waals surface area contributed by atoms with Crippen molar-refractivity contribution in [1.82, 2.24) is 10.6 Å². The summed E-state index contributed by atoms with van der Waals surface area (Å²) in [5, 5.41) is 6.73. The number of nitrogens with one attached hydrogen (secondary N) is 2. The maximum atomic E-state index is 13.3. The van der Waals surface area contributed by atoms with Crippen LogP contribution >= 0.6 is 12.4 Å². The van der Waals surface area contributed by atoms with Crippen LogP contribution in [0.2, 0.25) is 0 Å². The van der Waals surface area contributed by atoms with E-state index >= 15 is 0 Å². The molecule has 2 N–H and O–H groups in total. The van der Waals surface area contributed by atoms with Crippen molar-refractivity contribution < 1.29 is 4.79 Å². The van der Waals surface area contributed by atoms with Gasteiger partial charge in [-0.3, -0.25) is 10.1 Å². The lowest BCUT2D eigenvalue weighted by molar-refractivity contribution is -0.123. The Morgan fingerprint density at radius 3 is 1.47 bits per heavy atom. The Bertz CT molecular complexity index is 1030. The third-order valence-corrected chi connectivity index (χ3v) is 5.30. The van der Waals surface area contributed by atoms with E-state index in [2.05, 4.69) is 34.9 Å². The number of carbonyl (C=O) groups is 1. The Hall–Kier alpha value is -3.40. The van der Waals surface area contributed by atoms with Crippen molar-refractivity contribution in [3.8, 4) is 0 Å². The second-order valence-corrected chi connectivity index (χ2v) is 7.47. The molecule has 0 heterocycles. The molecule has 1 unspecified atom stereocenters. The van der Waals surface area contributed by atoms with Gasteiger partial charge in [-0.2, -0.15) is 0 Å². The first-order valence-corrected chi connectivity index (χ1v) is 10.5. The molecule has 4 aromatic rings. The van der Waals surface area contributed by atoms with Gasteiger partial charge < -0.3 is 5.32 Å². The fourth-order valence-electron chi connectivity index (χ4n) is 3.70. The van der Waals surface area contributed by atoms with Crippen molar-refractivity contribution in [3.63, 3.8) is 0 Å². The molecule has 0 saturated carbocycles. The molecule has 3 nitrogen and oxygen atoms in total. The Balaban J connectivity index is 0.00000289. The Morgan fingerprint density at radius 2 is 1.00 bits per heavy atom. The number of hydrogen-bond acceptors (Lipinski definition) is 2. The molecule has 4 heteroatoms. The Labute approximate surface area is 195 Å². The maximum Gasteiger partial charge on any atom is 0.242 e. The molecule has 0 fully saturated rings. The molecule has 0 aromatic heterocycles. The normalized spacial score (nSPS) is 11.4. The number of hydrogen-bond donors (Lipinski definition) is 2. The number of halogens is 1. The van der Waals surface area contributed by atoms with Crippen LogP contribution in [0.3, 0.4) is 0 Å². The van der Waals surface area contributed by atoms with Gasteiger partial charge in [0.15, 0.2) is 0 Å². The molecule has 0 aliphatic rings. The highest BCUT2D eigenvalue weighted by molar-refractivity contribution is 5.85. The quantitative estimate of drug-likeness (QED) is 0.359. The topological polar surface area (TPSA) is 41.1 Å². The lowest BCUT2D eigenvalue weighted by atomic mass is 9.96. The fraction of sp³-hybridized carbons (Fsp3) is 0.107. The molecule has 0 radical (unpaired) electrons. The van der Waals surface area contributed by atoms with E-state index in [0.29, 0.717) is 6.54 Å². The summed E-state index contributed by atoms with van der Waals surface area (Å²) in [6.07, 6.45) is 0. The zero-order valence-electron chi connectivity index (χ0n) is 17.7. The summed E-state index contributed by atoms with van der Waals surface area (Å²) in [5.74, 6) is -0.0492. The molecule has 32 heavy (non-hydrogen) atoms. The highest BCUT2D eigenvalue weighted by atomic mass is 35.5. The summed E-state index contributed by atoms with van der Waals surface area (Å²) >= 11 is 0. The van der Waals surface area contributed by atoms with Crippen molar-refractivity contribution >= 4 is 18.3 Å². The number of benzene rings is 4. The van der Waals surface area contributed by atoms with Crippen LogP contribution in [0, 0.1) is 0 Å². The largest absolute Gasteiger partial charge is 0.350 e. The van der Waals surface area contributed by atoms with Gasteiger partial charge in [0, 0.05) is 6.54 Å². The summed E-state index contributed by atoms with van der Waals surface area (Å²) in [6, 6.07) is 39.7. The first-order chi connectivity index (χ1) is 15.3. The minimum Gasteiger partial charge on any atom is -0.350 e. The molecule has 0 saturated heterocycles. The first kappa shape index (κ1) is 23.3. The summed E-state index contributed by atoms with van der Waals surface area (Å²) < 4.78 is 0. The van der Waals surface area contributed by atoms with Crippen LogP contribution in [0.25, 0.3) is 0 Å². The van der Waals surface area contributed by atoms with Gasteiger partial charge in [0.25, 0.3) is 0 Å². The van der Waals surface area contributed by atoms with Crippen molar-refractivity contribution in [2.75, 3.05) is 0 Å². The average molecular weight is 443 g/mol. The second kappa shape index (κ2) is 11.8. The van der Waals surface area contributed by atoms with Gasteiger partial charge in [-0.25, -0.2) is 0 Å². The minimum absolute atomic E-state index is 0. The predicted octanol–water partition coefficient (Wildman–Crippen LogP) is 5.85. The predicted molar refractivity (Wildman–Crippen MR) is 133 cm³/mol. The summed E-state index contributed by atoms with van der Waals surface area (Å²) in [6.45, 7) is 0.492. The fourth-order valence-corrected chi connectivity index (χ4v) is 3.70. The second-order valence-electron chi connectivity index (χ2n) is 7.47. The van der Waals surface area contributed by atoms with Crippen LogP contribution < -0.4 is 10.6 Å². The average Bonchev–Trinajstić information content (AvgIpc) is 2.85. The van der Waals surface area contributed by atoms with Crippen LogP contribution in [0.15, 0.2) is 121 Å². The van der Waals surface area contributed by atoms with Crippen LogP contribution in [0.4, 0.5) is 0 Å². The lowest BCUT2D eigenvalue weighted by Gasteiger charge is -2.26. The molecule has 0 aliphatic carbocycles. The van der Waals surface area contributed by atoms with E-state index in [-0.39, 0.29) is 24.4 Å². The zero-order valence-corrected chi connectivity index (χ0v) is 18.5. The highest BCUT2D eigenvalue weighted by Gasteiger charge is 2.25. The molecular formula is C28H27ClN2O. The third kappa shape index (κ3) is 6.07. The smallest absolute Gasteiger partial charge is 0.242 e. The van der Waals surface area contributed by atoms with E-state index < -0.39 is 6.04 Å². The number of amides is 1. The van der Waals surface area contributed by atoms with Gasteiger partial charge in [-0.1, -0.05) is 121 Å². The number of rotatable bonds is 8. The molecular weight excluding hydrogens is 416 g/mol. The van der Waals surface area contributed by atoms with Gasteiger partial charge in [-0.15, -0.1) is 12.4 Å². The summed E-state index contributed by atoms with van der Waals surface area (Å²) in [7, 11) is 0. The van der Waals surface area contributed by atoms with Crippen molar-refractivity contribution in [2.24, 2.45) is 0 Å².